The molecule has 0 fully saturated rings. The molecule has 2 aromatic rings. The van der Waals surface area contributed by atoms with E-state index >= 15 is 0 Å². The Morgan fingerprint density at radius 1 is 1.26 bits per heavy atom. The normalized spacial score (nSPS) is 10.8. The summed E-state index contributed by atoms with van der Waals surface area (Å²) in [5.74, 6) is -0.160. The third-order valence-corrected chi connectivity index (χ3v) is 3.61. The van der Waals surface area contributed by atoms with Crippen molar-refractivity contribution in [2.45, 2.75) is 33.2 Å². The van der Waals surface area contributed by atoms with Gasteiger partial charge in [0, 0.05) is 18.2 Å². The van der Waals surface area contributed by atoms with Crippen molar-refractivity contribution in [1.29, 1.82) is 0 Å². The molecule has 0 radical (unpaired) electrons. The zero-order chi connectivity index (χ0) is 19.8. The zero-order valence-electron chi connectivity index (χ0n) is 15.4. The van der Waals surface area contributed by atoms with Crippen molar-refractivity contribution in [2.75, 3.05) is 7.11 Å². The molecule has 0 spiro atoms. The van der Waals surface area contributed by atoms with E-state index in [-0.39, 0.29) is 18.9 Å². The van der Waals surface area contributed by atoms with Gasteiger partial charge in [-0.3, -0.25) is 29.9 Å². The topological polar surface area (TPSA) is 115 Å². The number of esters is 1. The maximum atomic E-state index is 11.8. The third kappa shape index (κ3) is 6.46. The van der Waals surface area contributed by atoms with Gasteiger partial charge in [0.1, 0.15) is 18.1 Å². The van der Waals surface area contributed by atoms with Crippen molar-refractivity contribution in [2.24, 2.45) is 0 Å². The molecule has 0 aliphatic heterocycles. The number of furan rings is 1. The van der Waals surface area contributed by atoms with Gasteiger partial charge in [-0.25, -0.2) is 0 Å². The van der Waals surface area contributed by atoms with Crippen LogP contribution in [0, 0.1) is 13.8 Å². The van der Waals surface area contributed by atoms with Crippen molar-refractivity contribution in [3.05, 3.63) is 47.2 Å². The highest BCUT2D eigenvalue weighted by Gasteiger charge is 2.08. The molecule has 0 atom stereocenters. The second-order valence-electron chi connectivity index (χ2n) is 5.84. The molecule has 0 aliphatic carbocycles. The van der Waals surface area contributed by atoms with E-state index in [4.69, 9.17) is 4.42 Å². The van der Waals surface area contributed by atoms with Gasteiger partial charge >= 0.3 is 5.97 Å². The summed E-state index contributed by atoms with van der Waals surface area (Å²) in [7, 11) is 1.33. The molecule has 0 aromatic carbocycles. The van der Waals surface area contributed by atoms with E-state index in [0.29, 0.717) is 17.9 Å². The van der Waals surface area contributed by atoms with E-state index < -0.39 is 11.8 Å². The standard InChI is InChI=1S/C18H22N4O5/c1-12-10-13(2)22(21-12)11-17(24)20-19-16(23)8-6-14-4-5-15(27-14)7-9-18(25)26-3/h4-6,8,10H,7,9,11H2,1-3H3,(H,19,23)(H,20,24)/b8-6+. The van der Waals surface area contributed by atoms with Crippen LogP contribution in [0.25, 0.3) is 6.08 Å². The number of methoxy groups -OCH3 is 1. The first-order chi connectivity index (χ1) is 12.9. The Morgan fingerprint density at radius 3 is 2.70 bits per heavy atom. The molecule has 9 heteroatoms. The van der Waals surface area contributed by atoms with Gasteiger partial charge in [0.25, 0.3) is 11.8 Å². The fourth-order valence-electron chi connectivity index (χ4n) is 2.29. The number of nitrogens with zero attached hydrogens (tertiary/aromatic N) is 2. The highest BCUT2D eigenvalue weighted by atomic mass is 16.5. The van der Waals surface area contributed by atoms with Crippen LogP contribution in [0.1, 0.15) is 29.3 Å². The number of amides is 2. The molecular weight excluding hydrogens is 352 g/mol. The third-order valence-electron chi connectivity index (χ3n) is 3.61. The summed E-state index contributed by atoms with van der Waals surface area (Å²) in [6.45, 7) is 3.69. The van der Waals surface area contributed by atoms with E-state index in [1.807, 2.05) is 19.9 Å². The van der Waals surface area contributed by atoms with Crippen LogP contribution in [0.15, 0.2) is 28.7 Å². The van der Waals surface area contributed by atoms with Crippen molar-refractivity contribution in [3.8, 4) is 0 Å². The lowest BCUT2D eigenvalue weighted by atomic mass is 10.2. The van der Waals surface area contributed by atoms with Crippen molar-refractivity contribution >= 4 is 23.9 Å². The number of hydrogen-bond acceptors (Lipinski definition) is 6. The maximum absolute atomic E-state index is 11.8. The number of ether oxygens (including phenoxy) is 1. The molecule has 9 nitrogen and oxygen atoms in total. The fraction of sp³-hybridized carbons (Fsp3) is 0.333. The van der Waals surface area contributed by atoms with Crippen molar-refractivity contribution in [1.82, 2.24) is 20.6 Å². The van der Waals surface area contributed by atoms with Crippen LogP contribution in [0.4, 0.5) is 0 Å². The average Bonchev–Trinajstić information content (AvgIpc) is 3.22. The zero-order valence-corrected chi connectivity index (χ0v) is 15.4. The first-order valence-electron chi connectivity index (χ1n) is 8.31. The Hall–Kier alpha value is -3.36. The lowest BCUT2D eigenvalue weighted by Crippen LogP contribution is -2.42. The quantitative estimate of drug-likeness (QED) is 0.425. The summed E-state index contributed by atoms with van der Waals surface area (Å²) in [5, 5.41) is 4.17. The summed E-state index contributed by atoms with van der Waals surface area (Å²) in [5.41, 5.74) is 6.27. The number of carbonyl (C=O) groups excluding carboxylic acids is 3. The summed E-state index contributed by atoms with van der Waals surface area (Å²) in [6.07, 6.45) is 3.32. The number of hydrazine groups is 1. The second kappa shape index (κ2) is 9.37. The molecule has 2 aromatic heterocycles. The summed E-state index contributed by atoms with van der Waals surface area (Å²) in [6, 6.07) is 5.26. The summed E-state index contributed by atoms with van der Waals surface area (Å²) in [4.78, 5) is 34.7. The van der Waals surface area contributed by atoms with Gasteiger partial charge in [-0.2, -0.15) is 5.10 Å². The average molecular weight is 374 g/mol. The monoisotopic (exact) mass is 374 g/mol. The molecule has 0 bridgehead atoms. The first-order valence-corrected chi connectivity index (χ1v) is 8.31. The Labute approximate surface area is 156 Å². The van der Waals surface area contributed by atoms with E-state index in [9.17, 15) is 14.4 Å². The smallest absolute Gasteiger partial charge is 0.305 e. The molecule has 0 unspecified atom stereocenters. The van der Waals surface area contributed by atoms with Crippen LogP contribution in [0.3, 0.4) is 0 Å². The van der Waals surface area contributed by atoms with E-state index in [0.717, 1.165) is 11.4 Å². The van der Waals surface area contributed by atoms with E-state index in [1.54, 1.807) is 16.8 Å². The molecule has 0 aliphatic rings. The Kier molecular flexibility index (Phi) is 6.93. The molecule has 2 amide bonds. The summed E-state index contributed by atoms with van der Waals surface area (Å²) >= 11 is 0. The largest absolute Gasteiger partial charge is 0.469 e. The van der Waals surface area contributed by atoms with Crippen LogP contribution in [0.2, 0.25) is 0 Å². The summed E-state index contributed by atoms with van der Waals surface area (Å²) < 4.78 is 11.6. The molecule has 27 heavy (non-hydrogen) atoms. The Balaban J connectivity index is 1.76. The lowest BCUT2D eigenvalue weighted by Gasteiger charge is -2.06. The van der Waals surface area contributed by atoms with Gasteiger partial charge in [0.2, 0.25) is 0 Å². The van der Waals surface area contributed by atoms with Gasteiger partial charge in [-0.1, -0.05) is 0 Å². The number of hydrogen-bond donors (Lipinski definition) is 2. The molecule has 2 rings (SSSR count). The number of rotatable bonds is 7. The SMILES string of the molecule is COC(=O)CCc1ccc(/C=C/C(=O)NNC(=O)Cn2nc(C)cc2C)o1. The van der Waals surface area contributed by atoms with Crippen LogP contribution < -0.4 is 10.9 Å². The predicted molar refractivity (Wildman–Crippen MR) is 96.1 cm³/mol. The minimum atomic E-state index is -0.510. The fourth-order valence-corrected chi connectivity index (χ4v) is 2.29. The van der Waals surface area contributed by atoms with Crippen molar-refractivity contribution < 1.29 is 23.5 Å². The van der Waals surface area contributed by atoms with Crippen LogP contribution >= 0.6 is 0 Å². The Bertz CT molecular complexity index is 850. The molecular formula is C18H22N4O5. The first kappa shape index (κ1) is 20.0. The highest BCUT2D eigenvalue weighted by Crippen LogP contribution is 2.11. The van der Waals surface area contributed by atoms with Gasteiger partial charge in [-0.05, 0) is 38.1 Å². The molecule has 2 heterocycles. The minimum absolute atomic E-state index is 0.00536. The number of carbonyl (C=O) groups is 3. The lowest BCUT2D eigenvalue weighted by molar-refractivity contribution is -0.140. The number of nitrogens with one attached hydrogen (secondary N) is 2. The maximum Gasteiger partial charge on any atom is 0.305 e. The van der Waals surface area contributed by atoms with E-state index in [2.05, 4.69) is 20.7 Å². The minimum Gasteiger partial charge on any atom is -0.469 e. The molecule has 0 saturated carbocycles. The molecule has 144 valence electrons. The van der Waals surface area contributed by atoms with Crippen molar-refractivity contribution in [3.63, 3.8) is 0 Å². The van der Waals surface area contributed by atoms with E-state index in [1.165, 1.54) is 19.3 Å². The number of aryl methyl sites for hydroxylation is 3. The van der Waals surface area contributed by atoms with Crippen LogP contribution in [-0.4, -0.2) is 34.7 Å². The van der Waals surface area contributed by atoms with Gasteiger partial charge < -0.3 is 9.15 Å². The van der Waals surface area contributed by atoms with Crippen LogP contribution in [-0.2, 0) is 32.1 Å². The van der Waals surface area contributed by atoms with Crippen LogP contribution in [0.5, 0.6) is 0 Å². The Morgan fingerprint density at radius 2 is 2.04 bits per heavy atom. The predicted octanol–water partition coefficient (Wildman–Crippen LogP) is 1.06. The molecule has 0 saturated heterocycles. The highest BCUT2D eigenvalue weighted by molar-refractivity contribution is 5.92. The van der Waals surface area contributed by atoms with Gasteiger partial charge in [0.15, 0.2) is 0 Å². The van der Waals surface area contributed by atoms with Gasteiger partial charge in [-0.15, -0.1) is 0 Å². The second-order valence-corrected chi connectivity index (χ2v) is 5.84. The van der Waals surface area contributed by atoms with Gasteiger partial charge in [0.05, 0.1) is 19.2 Å². The molecule has 2 N–H and O–H groups in total. The number of aromatic nitrogens is 2.